The molecule has 0 aliphatic rings. The predicted octanol–water partition coefficient (Wildman–Crippen LogP) is 0.619. The van der Waals surface area contributed by atoms with Gasteiger partial charge < -0.3 is 4.57 Å². The van der Waals surface area contributed by atoms with Crippen LogP contribution in [0.1, 0.15) is 6.92 Å². The average molecular weight is 201 g/mol. The first-order chi connectivity index (χ1) is 7.42. The van der Waals surface area contributed by atoms with Gasteiger partial charge in [0.15, 0.2) is 0 Å². The molecule has 0 aliphatic carbocycles. The van der Waals surface area contributed by atoms with Crippen LogP contribution < -0.4 is 18.9 Å². The molecule has 0 N–H and O–H groups in total. The van der Waals surface area contributed by atoms with E-state index < -0.39 is 0 Å². The van der Waals surface area contributed by atoms with E-state index in [-0.39, 0.29) is 18.9 Å². The zero-order valence-electron chi connectivity index (χ0n) is 9.70. The number of para-hydroxylation sites is 1. The molecule has 16 heavy (non-hydrogen) atoms. The van der Waals surface area contributed by atoms with E-state index in [2.05, 4.69) is 54.0 Å². The maximum atomic E-state index is 3.15. The first-order valence-corrected chi connectivity index (χ1v) is 5.29. The van der Waals surface area contributed by atoms with Gasteiger partial charge in [0.2, 0.25) is 0 Å². The molecular weight excluding hydrogens is 189 g/mol. The Hall–Kier alpha value is -1.16. The molecule has 0 bridgehead atoms. The minimum Gasteiger partial charge on any atom is -0.394 e. The van der Waals surface area contributed by atoms with Crippen molar-refractivity contribution >= 4 is 21.8 Å². The van der Waals surface area contributed by atoms with Crippen LogP contribution in [-0.4, -0.2) is 4.57 Å². The Labute approximate surface area is 107 Å². The van der Waals surface area contributed by atoms with Gasteiger partial charge in [0.25, 0.3) is 0 Å². The average Bonchev–Trinajstić information content (AvgIpc) is 2.63. The fourth-order valence-corrected chi connectivity index (χ4v) is 2.28. The minimum atomic E-state index is 0. The van der Waals surface area contributed by atoms with Crippen LogP contribution in [0.25, 0.3) is 21.8 Å². The molecule has 3 aromatic rings. The van der Waals surface area contributed by atoms with Crippen LogP contribution in [0.5, 0.6) is 0 Å². The third kappa shape index (κ3) is 1.48. The monoisotopic (exact) mass is 201 g/mol. The standard InChI is InChI=1S/C14H12N.Li/c1-2-15-13-9-5-3-7-11(13)12-8-4-6-10-14(12)15;/h3-5,7-10H,2H2,1H3;/q-1;+1. The van der Waals surface area contributed by atoms with Gasteiger partial charge in [-0.15, -0.1) is 5.39 Å². The van der Waals surface area contributed by atoms with Crippen LogP contribution in [0.15, 0.2) is 42.5 Å². The number of fused-ring (bicyclic) bond motifs is 3. The zero-order chi connectivity index (χ0) is 10.3. The molecule has 1 heterocycles. The maximum Gasteiger partial charge on any atom is 1.00 e. The fraction of sp³-hybridized carbons (Fsp3) is 0.143. The molecule has 2 aromatic carbocycles. The van der Waals surface area contributed by atoms with E-state index in [4.69, 9.17) is 0 Å². The van der Waals surface area contributed by atoms with Crippen LogP contribution >= 0.6 is 0 Å². The summed E-state index contributed by atoms with van der Waals surface area (Å²) in [7, 11) is 0. The van der Waals surface area contributed by atoms with E-state index in [0.717, 1.165) is 6.54 Å². The second-order valence-corrected chi connectivity index (χ2v) is 3.70. The third-order valence-electron chi connectivity index (χ3n) is 2.93. The van der Waals surface area contributed by atoms with E-state index in [9.17, 15) is 0 Å². The van der Waals surface area contributed by atoms with Gasteiger partial charge in [-0.2, -0.15) is 24.3 Å². The van der Waals surface area contributed by atoms with Crippen LogP contribution in [0.4, 0.5) is 0 Å². The van der Waals surface area contributed by atoms with Gasteiger partial charge in [-0.1, -0.05) is 23.7 Å². The molecule has 0 amide bonds. The molecule has 3 rings (SSSR count). The zero-order valence-corrected chi connectivity index (χ0v) is 9.70. The molecule has 2 heteroatoms. The topological polar surface area (TPSA) is 4.93 Å². The van der Waals surface area contributed by atoms with Gasteiger partial charge in [-0.25, -0.2) is 0 Å². The smallest absolute Gasteiger partial charge is 0.394 e. The van der Waals surface area contributed by atoms with Crippen molar-refractivity contribution in [1.29, 1.82) is 0 Å². The van der Waals surface area contributed by atoms with Crippen LogP contribution in [0.2, 0.25) is 0 Å². The summed E-state index contributed by atoms with van der Waals surface area (Å²) >= 11 is 0. The summed E-state index contributed by atoms with van der Waals surface area (Å²) in [5.74, 6) is 0. The van der Waals surface area contributed by atoms with Crippen molar-refractivity contribution in [3.05, 3.63) is 48.5 Å². The van der Waals surface area contributed by atoms with Gasteiger partial charge in [0, 0.05) is 12.1 Å². The van der Waals surface area contributed by atoms with Gasteiger partial charge in [-0.05, 0) is 18.4 Å². The Morgan fingerprint density at radius 1 is 1.06 bits per heavy atom. The third-order valence-corrected chi connectivity index (χ3v) is 2.93. The molecule has 0 spiro atoms. The number of nitrogens with zero attached hydrogens (tertiary/aromatic N) is 1. The molecule has 1 nitrogen and oxygen atoms in total. The largest absolute Gasteiger partial charge is 1.00 e. The van der Waals surface area contributed by atoms with Crippen molar-refractivity contribution in [2.45, 2.75) is 13.5 Å². The normalized spacial score (nSPS) is 10.6. The minimum absolute atomic E-state index is 0. The van der Waals surface area contributed by atoms with Crippen LogP contribution in [0.3, 0.4) is 0 Å². The maximum absolute atomic E-state index is 3.15. The molecule has 1 aromatic heterocycles. The summed E-state index contributed by atoms with van der Waals surface area (Å²) in [6.45, 7) is 3.18. The second kappa shape index (κ2) is 4.37. The Bertz CT molecular complexity index is 572. The van der Waals surface area contributed by atoms with Crippen molar-refractivity contribution in [3.8, 4) is 0 Å². The molecule has 0 aliphatic heterocycles. The predicted molar refractivity (Wildman–Crippen MR) is 64.0 cm³/mol. The van der Waals surface area contributed by atoms with Crippen molar-refractivity contribution in [3.63, 3.8) is 0 Å². The van der Waals surface area contributed by atoms with E-state index in [0.29, 0.717) is 0 Å². The molecule has 0 unspecified atom stereocenters. The molecule has 0 radical (unpaired) electrons. The van der Waals surface area contributed by atoms with E-state index >= 15 is 0 Å². The number of benzene rings is 2. The summed E-state index contributed by atoms with van der Waals surface area (Å²) < 4.78 is 2.33. The van der Waals surface area contributed by atoms with Crippen molar-refractivity contribution < 1.29 is 18.9 Å². The molecule has 0 saturated carbocycles. The van der Waals surface area contributed by atoms with Gasteiger partial charge in [-0.3, -0.25) is 0 Å². The Morgan fingerprint density at radius 2 is 1.81 bits per heavy atom. The van der Waals surface area contributed by atoms with Gasteiger partial charge in [0.05, 0.1) is 0 Å². The van der Waals surface area contributed by atoms with Crippen molar-refractivity contribution in [2.24, 2.45) is 0 Å². The van der Waals surface area contributed by atoms with Gasteiger partial charge >= 0.3 is 18.9 Å². The molecule has 0 saturated heterocycles. The number of hydrogen-bond acceptors (Lipinski definition) is 0. The molecular formula is C14H12LiN. The quantitative estimate of drug-likeness (QED) is 0.402. The summed E-state index contributed by atoms with van der Waals surface area (Å²) in [5.41, 5.74) is 2.59. The molecule has 0 atom stereocenters. The Kier molecular flexibility index (Phi) is 3.10. The van der Waals surface area contributed by atoms with Crippen LogP contribution in [-0.2, 0) is 6.54 Å². The Balaban J connectivity index is 0.000000963. The van der Waals surface area contributed by atoms with E-state index in [1.54, 1.807) is 0 Å². The molecule has 74 valence electrons. The second-order valence-electron chi connectivity index (χ2n) is 3.70. The van der Waals surface area contributed by atoms with Crippen molar-refractivity contribution in [2.75, 3.05) is 0 Å². The van der Waals surface area contributed by atoms with Crippen molar-refractivity contribution in [1.82, 2.24) is 4.57 Å². The summed E-state index contributed by atoms with van der Waals surface area (Å²) in [4.78, 5) is 0. The fourth-order valence-electron chi connectivity index (χ4n) is 2.28. The van der Waals surface area contributed by atoms with Crippen LogP contribution in [0, 0.1) is 6.07 Å². The first kappa shape index (κ1) is 11.3. The first-order valence-electron chi connectivity index (χ1n) is 5.29. The van der Waals surface area contributed by atoms with E-state index in [1.165, 1.54) is 21.8 Å². The van der Waals surface area contributed by atoms with E-state index in [1.807, 2.05) is 6.07 Å². The SMILES string of the molecule is CCn1c2c[c-]ccc2c2ccccc21.[Li+]. The number of hydrogen-bond donors (Lipinski definition) is 0. The molecule has 0 fully saturated rings. The number of aryl methyl sites for hydroxylation is 1. The summed E-state index contributed by atoms with van der Waals surface area (Å²) in [5, 5.41) is 2.66. The summed E-state index contributed by atoms with van der Waals surface area (Å²) in [6.07, 6.45) is 0. The Morgan fingerprint density at radius 3 is 2.62 bits per heavy atom. The number of aromatic nitrogens is 1. The summed E-state index contributed by atoms with van der Waals surface area (Å²) in [6, 6.07) is 17.9. The van der Waals surface area contributed by atoms with Gasteiger partial charge in [0.1, 0.15) is 0 Å². The number of rotatable bonds is 1.